The van der Waals surface area contributed by atoms with E-state index in [1.54, 1.807) is 62.4 Å². The Morgan fingerprint density at radius 2 is 1.64 bits per heavy atom. The summed E-state index contributed by atoms with van der Waals surface area (Å²) in [5, 5.41) is 12.3. The van der Waals surface area contributed by atoms with Gasteiger partial charge in [0.1, 0.15) is 0 Å². The molecule has 2 aromatic rings. The van der Waals surface area contributed by atoms with E-state index < -0.39 is 11.4 Å². The van der Waals surface area contributed by atoms with Crippen LogP contribution in [-0.4, -0.2) is 17.0 Å². The summed E-state index contributed by atoms with van der Waals surface area (Å²) in [4.78, 5) is 23.4. The molecule has 0 aliphatic rings. The summed E-state index contributed by atoms with van der Waals surface area (Å²) in [6, 6.07) is 13.5. The minimum Gasteiger partial charge on any atom is -0.481 e. The number of anilines is 1. The number of aliphatic carboxylic acids is 1. The van der Waals surface area contributed by atoms with Crippen LogP contribution >= 0.6 is 11.6 Å². The highest BCUT2D eigenvalue weighted by Gasteiger charge is 2.29. The van der Waals surface area contributed by atoms with E-state index in [2.05, 4.69) is 5.32 Å². The van der Waals surface area contributed by atoms with Crippen LogP contribution in [0.15, 0.2) is 48.5 Å². The Labute approximate surface area is 133 Å². The van der Waals surface area contributed by atoms with Gasteiger partial charge in [0.25, 0.3) is 5.91 Å². The third kappa shape index (κ3) is 3.28. The van der Waals surface area contributed by atoms with Crippen molar-refractivity contribution in [2.45, 2.75) is 19.3 Å². The van der Waals surface area contributed by atoms with Gasteiger partial charge in [0.2, 0.25) is 0 Å². The lowest BCUT2D eigenvalue weighted by atomic mass is 9.85. The second kappa shape index (κ2) is 6.20. The quantitative estimate of drug-likeness (QED) is 0.897. The Morgan fingerprint density at radius 1 is 1.05 bits per heavy atom. The SMILES string of the molecule is CC(C)(C(=O)O)c1ccc(NC(=O)c2ccccc2Cl)cc1. The summed E-state index contributed by atoms with van der Waals surface area (Å²) in [6.45, 7) is 3.26. The fraction of sp³-hybridized carbons (Fsp3) is 0.176. The Morgan fingerprint density at radius 3 is 2.18 bits per heavy atom. The molecule has 2 aromatic carbocycles. The number of nitrogens with one attached hydrogen (secondary N) is 1. The Hall–Kier alpha value is -2.33. The number of carbonyl (C=O) groups excluding carboxylic acids is 1. The zero-order chi connectivity index (χ0) is 16.3. The molecule has 0 radical (unpaired) electrons. The molecule has 2 N–H and O–H groups in total. The number of hydrogen-bond donors (Lipinski definition) is 2. The van der Waals surface area contributed by atoms with Crippen LogP contribution < -0.4 is 5.32 Å². The summed E-state index contributed by atoms with van der Waals surface area (Å²) < 4.78 is 0. The van der Waals surface area contributed by atoms with Crippen molar-refractivity contribution in [3.8, 4) is 0 Å². The highest BCUT2D eigenvalue weighted by molar-refractivity contribution is 6.34. The van der Waals surface area contributed by atoms with E-state index in [4.69, 9.17) is 11.6 Å². The van der Waals surface area contributed by atoms with Crippen molar-refractivity contribution in [2.75, 3.05) is 5.32 Å². The molecule has 0 heterocycles. The predicted molar refractivity (Wildman–Crippen MR) is 86.5 cm³/mol. The van der Waals surface area contributed by atoms with Gasteiger partial charge in [-0.3, -0.25) is 9.59 Å². The predicted octanol–water partition coefficient (Wildman–Crippen LogP) is 3.95. The molecule has 4 nitrogen and oxygen atoms in total. The third-order valence-corrected chi connectivity index (χ3v) is 3.85. The van der Waals surface area contributed by atoms with E-state index in [0.29, 0.717) is 21.8 Å². The average Bonchev–Trinajstić information content (AvgIpc) is 2.48. The maximum absolute atomic E-state index is 12.1. The van der Waals surface area contributed by atoms with Crippen molar-refractivity contribution < 1.29 is 14.7 Å². The van der Waals surface area contributed by atoms with Gasteiger partial charge in [0, 0.05) is 5.69 Å². The average molecular weight is 318 g/mol. The minimum absolute atomic E-state index is 0.309. The maximum atomic E-state index is 12.1. The van der Waals surface area contributed by atoms with E-state index in [1.807, 2.05) is 0 Å². The lowest BCUT2D eigenvalue weighted by Crippen LogP contribution is -2.28. The fourth-order valence-electron chi connectivity index (χ4n) is 1.94. The number of amides is 1. The molecule has 0 aliphatic heterocycles. The molecule has 0 aliphatic carbocycles. The van der Waals surface area contributed by atoms with E-state index in [9.17, 15) is 14.7 Å². The van der Waals surface area contributed by atoms with Crippen molar-refractivity contribution in [3.63, 3.8) is 0 Å². The van der Waals surface area contributed by atoms with Crippen molar-refractivity contribution in [1.29, 1.82) is 0 Å². The fourth-order valence-corrected chi connectivity index (χ4v) is 2.16. The molecule has 0 saturated heterocycles. The Bertz CT molecular complexity index is 708. The summed E-state index contributed by atoms with van der Waals surface area (Å²) in [6.07, 6.45) is 0. The van der Waals surface area contributed by atoms with Gasteiger partial charge in [-0.15, -0.1) is 0 Å². The van der Waals surface area contributed by atoms with Crippen LogP contribution in [0.2, 0.25) is 5.02 Å². The molecule has 5 heteroatoms. The highest BCUT2D eigenvalue weighted by atomic mass is 35.5. The number of carboxylic acid groups (broad SMARTS) is 1. The first kappa shape index (κ1) is 16.0. The zero-order valence-corrected chi connectivity index (χ0v) is 13.0. The minimum atomic E-state index is -0.981. The largest absolute Gasteiger partial charge is 0.481 e. The number of carbonyl (C=O) groups is 2. The first-order valence-electron chi connectivity index (χ1n) is 6.72. The Kier molecular flexibility index (Phi) is 4.52. The smallest absolute Gasteiger partial charge is 0.313 e. The van der Waals surface area contributed by atoms with Gasteiger partial charge in [0.15, 0.2) is 0 Å². The zero-order valence-electron chi connectivity index (χ0n) is 12.3. The number of halogens is 1. The second-order valence-corrected chi connectivity index (χ2v) is 5.85. The third-order valence-electron chi connectivity index (χ3n) is 3.52. The van der Waals surface area contributed by atoms with Gasteiger partial charge >= 0.3 is 5.97 Å². The number of carboxylic acids is 1. The monoisotopic (exact) mass is 317 g/mol. The molecule has 0 fully saturated rings. The molecule has 0 unspecified atom stereocenters. The molecular weight excluding hydrogens is 302 g/mol. The standard InChI is InChI=1S/C17H16ClNO3/c1-17(2,16(21)22)11-7-9-12(10-8-11)19-15(20)13-5-3-4-6-14(13)18/h3-10H,1-2H3,(H,19,20)(H,21,22). The molecule has 0 atom stereocenters. The summed E-state index contributed by atoms with van der Waals surface area (Å²) in [5.41, 5.74) is 0.648. The van der Waals surface area contributed by atoms with Crippen molar-refractivity contribution in [3.05, 3.63) is 64.7 Å². The summed E-state index contributed by atoms with van der Waals surface area (Å²) in [5.74, 6) is -1.21. The lowest BCUT2D eigenvalue weighted by Gasteiger charge is -2.19. The molecule has 0 bridgehead atoms. The first-order valence-corrected chi connectivity index (χ1v) is 7.10. The van der Waals surface area contributed by atoms with Crippen LogP contribution in [0.4, 0.5) is 5.69 Å². The van der Waals surface area contributed by atoms with Gasteiger partial charge in [-0.2, -0.15) is 0 Å². The van der Waals surface area contributed by atoms with E-state index in [1.165, 1.54) is 0 Å². The van der Waals surface area contributed by atoms with E-state index >= 15 is 0 Å². The van der Waals surface area contributed by atoms with Crippen LogP contribution in [0.3, 0.4) is 0 Å². The van der Waals surface area contributed by atoms with Gasteiger partial charge in [0.05, 0.1) is 16.0 Å². The highest BCUT2D eigenvalue weighted by Crippen LogP contribution is 2.25. The van der Waals surface area contributed by atoms with Crippen LogP contribution in [-0.2, 0) is 10.2 Å². The maximum Gasteiger partial charge on any atom is 0.313 e. The summed E-state index contributed by atoms with van der Waals surface area (Å²) >= 11 is 5.98. The molecule has 2 rings (SSSR count). The molecule has 0 saturated carbocycles. The molecule has 114 valence electrons. The van der Waals surface area contributed by atoms with Crippen LogP contribution in [0.25, 0.3) is 0 Å². The van der Waals surface area contributed by atoms with Crippen molar-refractivity contribution in [2.24, 2.45) is 0 Å². The number of rotatable bonds is 4. The Balaban J connectivity index is 2.17. The number of hydrogen-bond acceptors (Lipinski definition) is 2. The van der Waals surface area contributed by atoms with E-state index in [-0.39, 0.29) is 5.91 Å². The van der Waals surface area contributed by atoms with Crippen LogP contribution in [0.5, 0.6) is 0 Å². The van der Waals surface area contributed by atoms with Crippen LogP contribution in [0, 0.1) is 0 Å². The van der Waals surface area contributed by atoms with Gasteiger partial charge in [-0.25, -0.2) is 0 Å². The number of benzene rings is 2. The molecule has 0 spiro atoms. The first-order chi connectivity index (χ1) is 10.3. The topological polar surface area (TPSA) is 66.4 Å². The molecular formula is C17H16ClNO3. The van der Waals surface area contributed by atoms with E-state index in [0.717, 1.165) is 0 Å². The van der Waals surface area contributed by atoms with Crippen LogP contribution in [0.1, 0.15) is 29.8 Å². The second-order valence-electron chi connectivity index (χ2n) is 5.44. The normalized spacial score (nSPS) is 11.0. The molecule has 1 amide bonds. The lowest BCUT2D eigenvalue weighted by molar-refractivity contribution is -0.142. The molecule has 22 heavy (non-hydrogen) atoms. The summed E-state index contributed by atoms with van der Waals surface area (Å²) in [7, 11) is 0. The van der Waals surface area contributed by atoms with Crippen molar-refractivity contribution in [1.82, 2.24) is 0 Å². The van der Waals surface area contributed by atoms with Gasteiger partial charge < -0.3 is 10.4 Å². The van der Waals surface area contributed by atoms with Gasteiger partial charge in [-0.1, -0.05) is 35.9 Å². The van der Waals surface area contributed by atoms with Crippen molar-refractivity contribution >= 4 is 29.2 Å². The van der Waals surface area contributed by atoms with Gasteiger partial charge in [-0.05, 0) is 43.7 Å². The molecule has 0 aromatic heterocycles.